The number of rotatable bonds is 6. The molecule has 0 aliphatic heterocycles. The molecule has 118 valence electrons. The lowest BCUT2D eigenvalue weighted by Crippen LogP contribution is -2.35. The standard InChI is InChI=1S/C15H20N4O2S/c1-10-11(2)18-19(3)15(21)13(10)14(20)17-7-5-4-6-12-16-8-9-22-12/h8-9H,4-7H2,1-3H3,(H,17,20). The monoisotopic (exact) mass is 320 g/mol. The fourth-order valence-corrected chi connectivity index (χ4v) is 2.85. The van der Waals surface area contributed by atoms with Crippen LogP contribution < -0.4 is 10.9 Å². The Bertz CT molecular complexity index is 707. The molecule has 1 N–H and O–H groups in total. The summed E-state index contributed by atoms with van der Waals surface area (Å²) in [7, 11) is 1.56. The number of nitrogens with zero attached hydrogens (tertiary/aromatic N) is 3. The van der Waals surface area contributed by atoms with Gasteiger partial charge in [0.15, 0.2) is 0 Å². The summed E-state index contributed by atoms with van der Waals surface area (Å²) in [5.41, 5.74) is 1.16. The Hall–Kier alpha value is -2.02. The smallest absolute Gasteiger partial charge is 0.279 e. The van der Waals surface area contributed by atoms with Gasteiger partial charge in [-0.05, 0) is 38.7 Å². The van der Waals surface area contributed by atoms with Crippen LogP contribution in [0.25, 0.3) is 0 Å². The van der Waals surface area contributed by atoms with Crippen LogP contribution in [-0.2, 0) is 13.5 Å². The Labute approximate surface area is 133 Å². The van der Waals surface area contributed by atoms with Gasteiger partial charge in [0, 0.05) is 25.2 Å². The van der Waals surface area contributed by atoms with Crippen molar-refractivity contribution < 1.29 is 4.79 Å². The Morgan fingerprint density at radius 1 is 1.36 bits per heavy atom. The lowest BCUT2D eigenvalue weighted by atomic mass is 10.1. The third-order valence-electron chi connectivity index (χ3n) is 3.54. The number of aryl methyl sites for hydroxylation is 3. The van der Waals surface area contributed by atoms with Gasteiger partial charge in [0.2, 0.25) is 0 Å². The second-order valence-corrected chi connectivity index (χ2v) is 6.13. The highest BCUT2D eigenvalue weighted by Gasteiger charge is 2.17. The first-order valence-electron chi connectivity index (χ1n) is 7.21. The van der Waals surface area contributed by atoms with Gasteiger partial charge in [-0.25, -0.2) is 9.67 Å². The van der Waals surface area contributed by atoms with E-state index in [2.05, 4.69) is 15.4 Å². The van der Waals surface area contributed by atoms with Crippen LogP contribution in [0.5, 0.6) is 0 Å². The maximum atomic E-state index is 12.2. The predicted molar refractivity (Wildman–Crippen MR) is 86.3 cm³/mol. The highest BCUT2D eigenvalue weighted by Crippen LogP contribution is 2.08. The van der Waals surface area contributed by atoms with E-state index in [-0.39, 0.29) is 17.0 Å². The van der Waals surface area contributed by atoms with Crippen LogP contribution in [0, 0.1) is 13.8 Å². The summed E-state index contributed by atoms with van der Waals surface area (Å²) in [4.78, 5) is 28.5. The molecular formula is C15H20N4O2S. The summed E-state index contributed by atoms with van der Waals surface area (Å²) >= 11 is 1.64. The van der Waals surface area contributed by atoms with Gasteiger partial charge >= 0.3 is 0 Å². The second kappa shape index (κ2) is 7.31. The van der Waals surface area contributed by atoms with Crippen LogP contribution >= 0.6 is 11.3 Å². The van der Waals surface area contributed by atoms with Crippen molar-refractivity contribution in [1.82, 2.24) is 20.1 Å². The molecule has 0 saturated carbocycles. The van der Waals surface area contributed by atoms with Gasteiger partial charge < -0.3 is 5.32 Å². The van der Waals surface area contributed by atoms with Crippen LogP contribution in [0.1, 0.15) is 39.5 Å². The number of hydrogen-bond donors (Lipinski definition) is 1. The largest absolute Gasteiger partial charge is 0.352 e. The first-order valence-corrected chi connectivity index (χ1v) is 8.09. The Morgan fingerprint density at radius 2 is 2.14 bits per heavy atom. The molecule has 7 heteroatoms. The van der Waals surface area contributed by atoms with Gasteiger partial charge in [-0.2, -0.15) is 5.10 Å². The summed E-state index contributed by atoms with van der Waals surface area (Å²) in [5, 5.41) is 9.96. The second-order valence-electron chi connectivity index (χ2n) is 5.15. The van der Waals surface area contributed by atoms with E-state index in [1.54, 1.807) is 38.4 Å². The highest BCUT2D eigenvalue weighted by atomic mass is 32.1. The zero-order valence-electron chi connectivity index (χ0n) is 13.0. The first kappa shape index (κ1) is 16.4. The maximum absolute atomic E-state index is 12.2. The topological polar surface area (TPSA) is 76.9 Å². The van der Waals surface area contributed by atoms with Crippen LogP contribution in [0.4, 0.5) is 0 Å². The van der Waals surface area contributed by atoms with Crippen molar-refractivity contribution in [2.45, 2.75) is 33.1 Å². The molecule has 0 aromatic carbocycles. The molecule has 1 amide bonds. The van der Waals surface area contributed by atoms with E-state index in [0.717, 1.165) is 24.3 Å². The lowest BCUT2D eigenvalue weighted by Gasteiger charge is -2.10. The fraction of sp³-hybridized carbons (Fsp3) is 0.467. The minimum absolute atomic E-state index is 0.190. The number of hydrogen-bond acceptors (Lipinski definition) is 5. The average Bonchev–Trinajstić information content (AvgIpc) is 2.98. The zero-order valence-corrected chi connectivity index (χ0v) is 13.9. The van der Waals surface area contributed by atoms with Crippen molar-refractivity contribution >= 4 is 17.2 Å². The average molecular weight is 320 g/mol. The van der Waals surface area contributed by atoms with E-state index in [1.165, 1.54) is 4.68 Å². The molecular weight excluding hydrogens is 300 g/mol. The van der Waals surface area contributed by atoms with Gasteiger partial charge in [-0.3, -0.25) is 9.59 Å². The molecule has 2 aromatic heterocycles. The molecule has 0 aliphatic rings. The number of nitrogens with one attached hydrogen (secondary N) is 1. The molecule has 2 aromatic rings. The van der Waals surface area contributed by atoms with Gasteiger partial charge in [-0.15, -0.1) is 11.3 Å². The van der Waals surface area contributed by atoms with Crippen LogP contribution in [0.3, 0.4) is 0 Å². The first-order chi connectivity index (χ1) is 10.5. The lowest BCUT2D eigenvalue weighted by molar-refractivity contribution is 0.0949. The Balaban J connectivity index is 1.89. The van der Waals surface area contributed by atoms with Gasteiger partial charge in [-0.1, -0.05) is 0 Å². The van der Waals surface area contributed by atoms with Crippen molar-refractivity contribution in [1.29, 1.82) is 0 Å². The van der Waals surface area contributed by atoms with Crippen molar-refractivity contribution in [2.75, 3.05) is 6.54 Å². The van der Waals surface area contributed by atoms with E-state index in [1.807, 2.05) is 5.38 Å². The number of thiazole rings is 1. The van der Waals surface area contributed by atoms with E-state index < -0.39 is 0 Å². The van der Waals surface area contributed by atoms with Crippen LogP contribution in [0.2, 0.25) is 0 Å². The maximum Gasteiger partial charge on any atom is 0.279 e. The summed E-state index contributed by atoms with van der Waals surface area (Å²) in [6, 6.07) is 0. The Morgan fingerprint density at radius 3 is 2.82 bits per heavy atom. The minimum Gasteiger partial charge on any atom is -0.352 e. The van der Waals surface area contributed by atoms with Crippen molar-refractivity contribution in [3.63, 3.8) is 0 Å². The van der Waals surface area contributed by atoms with Crippen molar-refractivity contribution in [2.24, 2.45) is 7.05 Å². The molecule has 0 bridgehead atoms. The van der Waals surface area contributed by atoms with Crippen molar-refractivity contribution in [3.8, 4) is 0 Å². The third kappa shape index (κ3) is 3.79. The van der Waals surface area contributed by atoms with Crippen LogP contribution in [-0.4, -0.2) is 27.2 Å². The van der Waals surface area contributed by atoms with E-state index in [9.17, 15) is 9.59 Å². The Kier molecular flexibility index (Phi) is 5.43. The van der Waals surface area contributed by atoms with Gasteiger partial charge in [0.25, 0.3) is 11.5 Å². The SMILES string of the molecule is Cc1nn(C)c(=O)c(C(=O)NCCCCc2nccs2)c1C. The molecule has 0 saturated heterocycles. The molecule has 22 heavy (non-hydrogen) atoms. The number of amides is 1. The molecule has 0 fully saturated rings. The molecule has 2 rings (SSSR count). The number of carbonyl (C=O) groups excluding carboxylic acids is 1. The van der Waals surface area contributed by atoms with E-state index >= 15 is 0 Å². The van der Waals surface area contributed by atoms with Gasteiger partial charge in [0.1, 0.15) is 5.56 Å². The van der Waals surface area contributed by atoms with Gasteiger partial charge in [0.05, 0.1) is 10.7 Å². The quantitative estimate of drug-likeness (QED) is 0.820. The van der Waals surface area contributed by atoms with Crippen LogP contribution in [0.15, 0.2) is 16.4 Å². The molecule has 6 nitrogen and oxygen atoms in total. The normalized spacial score (nSPS) is 10.7. The summed E-state index contributed by atoms with van der Waals surface area (Å²) in [6.45, 7) is 4.09. The number of aromatic nitrogens is 3. The molecule has 0 spiro atoms. The number of carbonyl (C=O) groups is 1. The molecule has 0 unspecified atom stereocenters. The predicted octanol–water partition coefficient (Wildman–Crippen LogP) is 1.61. The van der Waals surface area contributed by atoms with E-state index in [0.29, 0.717) is 17.8 Å². The van der Waals surface area contributed by atoms with Crippen molar-refractivity contribution in [3.05, 3.63) is 43.8 Å². The highest BCUT2D eigenvalue weighted by molar-refractivity contribution is 7.09. The number of unbranched alkanes of at least 4 members (excludes halogenated alkanes) is 1. The molecule has 0 radical (unpaired) electrons. The third-order valence-corrected chi connectivity index (χ3v) is 4.38. The molecule has 2 heterocycles. The fourth-order valence-electron chi connectivity index (χ4n) is 2.18. The summed E-state index contributed by atoms with van der Waals surface area (Å²) in [6.07, 6.45) is 4.53. The summed E-state index contributed by atoms with van der Waals surface area (Å²) in [5.74, 6) is -0.321. The van der Waals surface area contributed by atoms with E-state index in [4.69, 9.17) is 0 Å². The summed E-state index contributed by atoms with van der Waals surface area (Å²) < 4.78 is 1.21. The molecule has 0 aliphatic carbocycles. The molecule has 0 atom stereocenters. The zero-order chi connectivity index (χ0) is 16.1. The minimum atomic E-state index is -0.358.